The van der Waals surface area contributed by atoms with Crippen LogP contribution in [0.5, 0.6) is 0 Å². The smallest absolute Gasteiger partial charge is 0.347 e. The van der Waals surface area contributed by atoms with Crippen LogP contribution < -0.4 is 5.32 Å². The van der Waals surface area contributed by atoms with Crippen molar-refractivity contribution in [2.24, 2.45) is 0 Å². The maximum atomic E-state index is 11.7. The molecule has 0 saturated heterocycles. The second-order valence-corrected chi connectivity index (χ2v) is 3.48. The molecule has 0 saturated carbocycles. The van der Waals surface area contributed by atoms with Gasteiger partial charge < -0.3 is 5.32 Å². The lowest BCUT2D eigenvalue weighted by molar-refractivity contribution is -0.138. The predicted octanol–water partition coefficient (Wildman–Crippen LogP) is 1.97. The minimum atomic E-state index is -4.34. The van der Waals surface area contributed by atoms with Gasteiger partial charge in [-0.2, -0.15) is 24.5 Å². The van der Waals surface area contributed by atoms with Crippen molar-refractivity contribution in [1.29, 1.82) is 0 Å². The number of hydrogen-bond acceptors (Lipinski definition) is 2. The number of carbonyl (C=O) groups excluding carboxylic acids is 1. The fourth-order valence-electron chi connectivity index (χ4n) is 0.840. The van der Waals surface area contributed by atoms with Crippen LogP contribution in [0.4, 0.5) is 13.2 Å². The Kier molecular flexibility index (Phi) is 3.51. The SMILES string of the molecule is O=C(Cc1ccsc1)NCC(F)(F)F. The lowest BCUT2D eigenvalue weighted by Gasteiger charge is -2.07. The van der Waals surface area contributed by atoms with Crippen LogP contribution in [0.15, 0.2) is 16.8 Å². The van der Waals surface area contributed by atoms with E-state index >= 15 is 0 Å². The number of hydrogen-bond donors (Lipinski definition) is 1. The second-order valence-electron chi connectivity index (χ2n) is 2.70. The van der Waals surface area contributed by atoms with E-state index in [2.05, 4.69) is 0 Å². The van der Waals surface area contributed by atoms with Crippen molar-refractivity contribution in [3.63, 3.8) is 0 Å². The van der Waals surface area contributed by atoms with Crippen LogP contribution in [0.1, 0.15) is 5.56 Å². The minimum absolute atomic E-state index is 0.000417. The van der Waals surface area contributed by atoms with E-state index in [1.807, 2.05) is 0 Å². The van der Waals surface area contributed by atoms with Gasteiger partial charge in [0.25, 0.3) is 0 Å². The van der Waals surface area contributed by atoms with Crippen molar-refractivity contribution in [2.75, 3.05) is 6.54 Å². The molecule has 0 aliphatic carbocycles. The van der Waals surface area contributed by atoms with Crippen molar-refractivity contribution in [2.45, 2.75) is 12.6 Å². The van der Waals surface area contributed by atoms with Crippen molar-refractivity contribution >= 4 is 17.2 Å². The number of halogens is 3. The summed E-state index contributed by atoms with van der Waals surface area (Å²) in [4.78, 5) is 11.0. The fourth-order valence-corrected chi connectivity index (χ4v) is 1.51. The monoisotopic (exact) mass is 223 g/mol. The average Bonchev–Trinajstić information content (AvgIpc) is 2.52. The highest BCUT2D eigenvalue weighted by molar-refractivity contribution is 7.07. The fraction of sp³-hybridized carbons (Fsp3) is 0.375. The summed E-state index contributed by atoms with van der Waals surface area (Å²) in [5.41, 5.74) is 0.731. The molecule has 1 rings (SSSR count). The van der Waals surface area contributed by atoms with Crippen molar-refractivity contribution in [3.8, 4) is 0 Å². The summed E-state index contributed by atoms with van der Waals surface area (Å²) in [7, 11) is 0. The second kappa shape index (κ2) is 4.45. The molecular formula is C8H8F3NOS. The first-order valence-corrected chi connectivity index (χ1v) is 4.76. The van der Waals surface area contributed by atoms with E-state index in [1.54, 1.807) is 22.1 Å². The quantitative estimate of drug-likeness (QED) is 0.834. The first-order chi connectivity index (χ1) is 6.47. The van der Waals surface area contributed by atoms with Gasteiger partial charge in [0.1, 0.15) is 6.54 Å². The highest BCUT2D eigenvalue weighted by Crippen LogP contribution is 2.12. The minimum Gasteiger partial charge on any atom is -0.347 e. The van der Waals surface area contributed by atoms with E-state index in [-0.39, 0.29) is 6.42 Å². The van der Waals surface area contributed by atoms with E-state index in [0.29, 0.717) is 0 Å². The summed E-state index contributed by atoms with van der Waals surface area (Å²) < 4.78 is 35.0. The largest absolute Gasteiger partial charge is 0.405 e. The van der Waals surface area contributed by atoms with Crippen LogP contribution in [0.3, 0.4) is 0 Å². The highest BCUT2D eigenvalue weighted by atomic mass is 32.1. The van der Waals surface area contributed by atoms with Gasteiger partial charge in [0, 0.05) is 0 Å². The molecule has 0 bridgehead atoms. The van der Waals surface area contributed by atoms with E-state index in [1.165, 1.54) is 11.3 Å². The average molecular weight is 223 g/mol. The van der Waals surface area contributed by atoms with Crippen LogP contribution in [-0.2, 0) is 11.2 Å². The molecule has 14 heavy (non-hydrogen) atoms. The van der Waals surface area contributed by atoms with Crippen LogP contribution >= 0.6 is 11.3 Å². The Labute approximate surface area is 82.7 Å². The number of alkyl halides is 3. The third-order valence-electron chi connectivity index (χ3n) is 1.43. The maximum Gasteiger partial charge on any atom is 0.405 e. The van der Waals surface area contributed by atoms with E-state index in [0.717, 1.165) is 5.56 Å². The first kappa shape index (κ1) is 11.0. The van der Waals surface area contributed by atoms with E-state index in [9.17, 15) is 18.0 Å². The van der Waals surface area contributed by atoms with Crippen LogP contribution in [0.2, 0.25) is 0 Å². The van der Waals surface area contributed by atoms with Gasteiger partial charge >= 0.3 is 6.18 Å². The van der Waals surface area contributed by atoms with Gasteiger partial charge in [-0.25, -0.2) is 0 Å². The van der Waals surface area contributed by atoms with Gasteiger partial charge in [-0.3, -0.25) is 4.79 Å². The number of carbonyl (C=O) groups is 1. The number of nitrogens with one attached hydrogen (secondary N) is 1. The van der Waals surface area contributed by atoms with E-state index < -0.39 is 18.6 Å². The molecule has 0 atom stereocenters. The lowest BCUT2D eigenvalue weighted by atomic mass is 10.2. The summed E-state index contributed by atoms with van der Waals surface area (Å²) in [6, 6.07) is 1.71. The predicted molar refractivity (Wildman–Crippen MR) is 47.1 cm³/mol. The molecule has 1 amide bonds. The molecular weight excluding hydrogens is 215 g/mol. The number of amides is 1. The molecule has 78 valence electrons. The van der Waals surface area contributed by atoms with Crippen molar-refractivity contribution in [3.05, 3.63) is 22.4 Å². The zero-order chi connectivity index (χ0) is 10.6. The highest BCUT2D eigenvalue weighted by Gasteiger charge is 2.27. The molecule has 0 spiro atoms. The Morgan fingerprint density at radius 3 is 2.71 bits per heavy atom. The number of thiophene rings is 1. The first-order valence-electron chi connectivity index (χ1n) is 3.82. The Hall–Kier alpha value is -1.04. The third-order valence-corrected chi connectivity index (χ3v) is 2.16. The zero-order valence-electron chi connectivity index (χ0n) is 7.10. The van der Waals surface area contributed by atoms with Gasteiger partial charge in [0.05, 0.1) is 6.42 Å². The molecule has 1 aromatic heterocycles. The molecule has 0 aliphatic heterocycles. The summed E-state index contributed by atoms with van der Waals surface area (Å²) in [6.07, 6.45) is -4.34. The van der Waals surface area contributed by atoms with Crippen molar-refractivity contribution in [1.82, 2.24) is 5.32 Å². The molecule has 2 nitrogen and oxygen atoms in total. The van der Waals surface area contributed by atoms with E-state index in [4.69, 9.17) is 0 Å². The van der Waals surface area contributed by atoms with Crippen molar-refractivity contribution < 1.29 is 18.0 Å². The molecule has 1 aromatic rings. The Morgan fingerprint density at radius 2 is 2.21 bits per heavy atom. The summed E-state index contributed by atoms with van der Waals surface area (Å²) in [5, 5.41) is 5.30. The maximum absolute atomic E-state index is 11.7. The summed E-state index contributed by atoms with van der Waals surface area (Å²) in [6.45, 7) is -1.27. The molecule has 0 aliphatic rings. The Balaban J connectivity index is 2.30. The van der Waals surface area contributed by atoms with Gasteiger partial charge in [0.15, 0.2) is 0 Å². The molecule has 1 N–H and O–H groups in total. The standard InChI is InChI=1S/C8H8F3NOS/c9-8(10,11)5-12-7(13)3-6-1-2-14-4-6/h1-2,4H,3,5H2,(H,12,13). The van der Waals surface area contributed by atoms with Gasteiger partial charge in [-0.1, -0.05) is 0 Å². The molecule has 0 fully saturated rings. The van der Waals surface area contributed by atoms with Crippen LogP contribution in [0.25, 0.3) is 0 Å². The Bertz CT molecular complexity index is 294. The topological polar surface area (TPSA) is 29.1 Å². The van der Waals surface area contributed by atoms with Gasteiger partial charge in [-0.05, 0) is 22.4 Å². The molecule has 0 unspecified atom stereocenters. The molecule has 0 aromatic carbocycles. The zero-order valence-corrected chi connectivity index (χ0v) is 7.91. The summed E-state index contributed by atoms with van der Waals surface area (Å²) >= 11 is 1.40. The number of rotatable bonds is 3. The van der Waals surface area contributed by atoms with Gasteiger partial charge in [0.2, 0.25) is 5.91 Å². The van der Waals surface area contributed by atoms with Crippen LogP contribution in [0, 0.1) is 0 Å². The normalized spacial score (nSPS) is 11.4. The molecule has 6 heteroatoms. The van der Waals surface area contributed by atoms with Crippen LogP contribution in [-0.4, -0.2) is 18.6 Å². The Morgan fingerprint density at radius 1 is 1.50 bits per heavy atom. The molecule has 1 heterocycles. The summed E-state index contributed by atoms with van der Waals surface area (Å²) in [5.74, 6) is -0.610. The van der Waals surface area contributed by atoms with Gasteiger partial charge in [-0.15, -0.1) is 0 Å². The molecule has 0 radical (unpaired) electrons. The third kappa shape index (κ3) is 4.27. The lowest BCUT2D eigenvalue weighted by Crippen LogP contribution is -2.34.